The van der Waals surface area contributed by atoms with Crippen molar-refractivity contribution in [1.29, 1.82) is 0 Å². The van der Waals surface area contributed by atoms with E-state index in [1.165, 1.54) is 17.5 Å². The molecule has 6 nitrogen and oxygen atoms in total. The van der Waals surface area contributed by atoms with E-state index in [0.29, 0.717) is 5.92 Å². The molecule has 0 spiro atoms. The molecule has 26 heavy (non-hydrogen) atoms. The minimum absolute atomic E-state index is 0.0860. The van der Waals surface area contributed by atoms with Gasteiger partial charge in [-0.1, -0.05) is 0 Å². The molecule has 2 saturated heterocycles. The number of rotatable bonds is 5. The number of fused-ring (bicyclic) bond motifs is 1. The van der Waals surface area contributed by atoms with Crippen LogP contribution in [0.15, 0.2) is 24.4 Å². The van der Waals surface area contributed by atoms with Crippen LogP contribution in [0.2, 0.25) is 0 Å². The number of hydrogen-bond donors (Lipinski definition) is 0. The molecule has 6 heteroatoms. The van der Waals surface area contributed by atoms with E-state index < -0.39 is 0 Å². The van der Waals surface area contributed by atoms with Gasteiger partial charge in [0.05, 0.1) is 11.7 Å². The Morgan fingerprint density at radius 3 is 2.62 bits per heavy atom. The zero-order valence-electron chi connectivity index (χ0n) is 15.8. The van der Waals surface area contributed by atoms with Crippen LogP contribution in [0, 0.1) is 5.92 Å². The first-order valence-corrected chi connectivity index (χ1v) is 9.69. The van der Waals surface area contributed by atoms with Crippen LogP contribution in [-0.4, -0.2) is 50.0 Å². The molecule has 1 atom stereocenters. The van der Waals surface area contributed by atoms with E-state index in [1.54, 1.807) is 14.2 Å². The van der Waals surface area contributed by atoms with E-state index in [0.717, 1.165) is 50.9 Å². The highest BCUT2D eigenvalue weighted by atomic mass is 16.7. The molecule has 0 N–H and O–H groups in total. The Kier molecular flexibility index (Phi) is 5.43. The molecule has 2 aromatic rings. The van der Waals surface area contributed by atoms with Gasteiger partial charge in [0.2, 0.25) is 0 Å². The van der Waals surface area contributed by atoms with Gasteiger partial charge in [-0.3, -0.25) is 0 Å². The van der Waals surface area contributed by atoms with E-state index in [-0.39, 0.29) is 12.5 Å². The third-order valence-electron chi connectivity index (χ3n) is 5.76. The summed E-state index contributed by atoms with van der Waals surface area (Å²) < 4.78 is 18.8. The molecule has 3 heterocycles. The summed E-state index contributed by atoms with van der Waals surface area (Å²) in [7, 11) is 3.45. The van der Waals surface area contributed by atoms with Crippen LogP contribution < -0.4 is 4.90 Å². The molecule has 1 aromatic heterocycles. The Morgan fingerprint density at radius 2 is 1.92 bits per heavy atom. The lowest BCUT2D eigenvalue weighted by molar-refractivity contribution is -0.141. The van der Waals surface area contributed by atoms with Crippen LogP contribution in [0.4, 0.5) is 5.69 Å². The standard InChI is InChI=1S/C20H29N3O3/c1-24-20(25-2)15-8-10-22(11-9-15)17-6-7-18-16(13-17)14-21-23(18)19-5-3-4-12-26-19/h6-7,13-15,19-20H,3-5,8-12H2,1-2H3. The average molecular weight is 359 g/mol. The Bertz CT molecular complexity index is 714. The van der Waals surface area contributed by atoms with Crippen molar-refractivity contribution in [2.75, 3.05) is 38.8 Å². The smallest absolute Gasteiger partial charge is 0.159 e. The summed E-state index contributed by atoms with van der Waals surface area (Å²) in [5.41, 5.74) is 2.43. The van der Waals surface area contributed by atoms with Crippen LogP contribution in [0.25, 0.3) is 10.9 Å². The SMILES string of the molecule is COC(OC)C1CCN(c2ccc3c(cnn3C3CCCCO3)c2)CC1. The summed E-state index contributed by atoms with van der Waals surface area (Å²) in [6, 6.07) is 6.66. The second-order valence-electron chi connectivity index (χ2n) is 7.32. The van der Waals surface area contributed by atoms with Crippen LogP contribution in [0.5, 0.6) is 0 Å². The fraction of sp³-hybridized carbons (Fsp3) is 0.650. The van der Waals surface area contributed by atoms with E-state index in [2.05, 4.69) is 28.2 Å². The Morgan fingerprint density at radius 1 is 1.12 bits per heavy atom. The molecule has 4 rings (SSSR count). The number of aromatic nitrogens is 2. The van der Waals surface area contributed by atoms with Crippen molar-refractivity contribution in [3.8, 4) is 0 Å². The minimum atomic E-state index is -0.0895. The lowest BCUT2D eigenvalue weighted by Crippen LogP contribution is -2.39. The maximum absolute atomic E-state index is 5.90. The summed E-state index contributed by atoms with van der Waals surface area (Å²) in [5.74, 6) is 0.469. The van der Waals surface area contributed by atoms with Gasteiger partial charge in [-0.15, -0.1) is 0 Å². The summed E-state index contributed by atoms with van der Waals surface area (Å²) in [6.45, 7) is 2.89. The van der Waals surface area contributed by atoms with Gasteiger partial charge in [-0.05, 0) is 50.3 Å². The molecule has 0 saturated carbocycles. The number of ether oxygens (including phenoxy) is 3. The first kappa shape index (κ1) is 17.8. The van der Waals surface area contributed by atoms with Gasteiger partial charge in [0, 0.05) is 50.9 Å². The Hall–Kier alpha value is -1.63. The van der Waals surface area contributed by atoms with Crippen molar-refractivity contribution in [2.45, 2.75) is 44.6 Å². The van der Waals surface area contributed by atoms with Gasteiger partial charge in [0.15, 0.2) is 12.5 Å². The topological polar surface area (TPSA) is 48.8 Å². The van der Waals surface area contributed by atoms with Crippen molar-refractivity contribution in [3.05, 3.63) is 24.4 Å². The highest BCUT2D eigenvalue weighted by Gasteiger charge is 2.27. The summed E-state index contributed by atoms with van der Waals surface area (Å²) in [4.78, 5) is 2.45. The van der Waals surface area contributed by atoms with E-state index in [9.17, 15) is 0 Å². The number of hydrogen-bond acceptors (Lipinski definition) is 5. The van der Waals surface area contributed by atoms with E-state index in [1.807, 2.05) is 10.9 Å². The molecule has 0 amide bonds. The summed E-state index contributed by atoms with van der Waals surface area (Å²) in [6.07, 6.45) is 7.54. The van der Waals surface area contributed by atoms with Gasteiger partial charge < -0.3 is 19.1 Å². The quantitative estimate of drug-likeness (QED) is 0.764. The summed E-state index contributed by atoms with van der Waals surface area (Å²) >= 11 is 0. The maximum atomic E-state index is 5.90. The first-order chi connectivity index (χ1) is 12.8. The van der Waals surface area contributed by atoms with E-state index in [4.69, 9.17) is 14.2 Å². The molecule has 1 unspecified atom stereocenters. The second-order valence-corrected chi connectivity index (χ2v) is 7.32. The molecule has 0 bridgehead atoms. The van der Waals surface area contributed by atoms with Gasteiger partial charge >= 0.3 is 0 Å². The van der Waals surface area contributed by atoms with Gasteiger partial charge in [0.25, 0.3) is 0 Å². The molecule has 0 radical (unpaired) electrons. The van der Waals surface area contributed by atoms with E-state index >= 15 is 0 Å². The Balaban J connectivity index is 1.47. The highest BCUT2D eigenvalue weighted by Crippen LogP contribution is 2.31. The predicted octanol–water partition coefficient (Wildman–Crippen LogP) is 3.57. The molecular weight excluding hydrogens is 330 g/mol. The first-order valence-electron chi connectivity index (χ1n) is 9.69. The summed E-state index contributed by atoms with van der Waals surface area (Å²) in [5, 5.41) is 5.79. The normalized spacial score (nSPS) is 22.4. The third kappa shape index (κ3) is 3.46. The van der Waals surface area contributed by atoms with Crippen LogP contribution in [0.3, 0.4) is 0 Å². The number of piperidine rings is 1. The van der Waals surface area contributed by atoms with Crippen molar-refractivity contribution >= 4 is 16.6 Å². The van der Waals surface area contributed by atoms with Gasteiger partial charge in [0.1, 0.15) is 0 Å². The van der Waals surface area contributed by atoms with Crippen molar-refractivity contribution < 1.29 is 14.2 Å². The molecule has 142 valence electrons. The zero-order valence-corrected chi connectivity index (χ0v) is 15.8. The number of methoxy groups -OCH3 is 2. The predicted molar refractivity (Wildman–Crippen MR) is 101 cm³/mol. The number of benzene rings is 1. The molecule has 2 aliphatic heterocycles. The Labute approximate surface area is 155 Å². The van der Waals surface area contributed by atoms with Crippen molar-refractivity contribution in [3.63, 3.8) is 0 Å². The molecule has 2 fully saturated rings. The molecule has 1 aromatic carbocycles. The fourth-order valence-electron chi connectivity index (χ4n) is 4.29. The van der Waals surface area contributed by atoms with Crippen molar-refractivity contribution in [2.24, 2.45) is 5.92 Å². The van der Waals surface area contributed by atoms with Crippen molar-refractivity contribution in [1.82, 2.24) is 9.78 Å². The van der Waals surface area contributed by atoms with Gasteiger partial charge in [-0.25, -0.2) is 4.68 Å². The minimum Gasteiger partial charge on any atom is -0.371 e. The molecule has 0 aliphatic carbocycles. The lowest BCUT2D eigenvalue weighted by Gasteiger charge is -2.36. The number of anilines is 1. The fourth-order valence-corrected chi connectivity index (χ4v) is 4.29. The lowest BCUT2D eigenvalue weighted by atomic mass is 9.95. The largest absolute Gasteiger partial charge is 0.371 e. The van der Waals surface area contributed by atoms with Crippen LogP contribution in [-0.2, 0) is 14.2 Å². The van der Waals surface area contributed by atoms with Gasteiger partial charge in [-0.2, -0.15) is 5.10 Å². The van der Waals surface area contributed by atoms with Crippen LogP contribution in [0.1, 0.15) is 38.3 Å². The van der Waals surface area contributed by atoms with Crippen LogP contribution >= 0.6 is 0 Å². The monoisotopic (exact) mass is 359 g/mol. The highest BCUT2D eigenvalue weighted by molar-refractivity contribution is 5.82. The maximum Gasteiger partial charge on any atom is 0.159 e. The molecular formula is C20H29N3O3. The number of nitrogens with zero attached hydrogens (tertiary/aromatic N) is 3. The third-order valence-corrected chi connectivity index (χ3v) is 5.76. The molecule has 2 aliphatic rings. The average Bonchev–Trinajstić information content (AvgIpc) is 3.13. The second kappa shape index (κ2) is 7.94. The zero-order chi connectivity index (χ0) is 17.9.